The number of carbonyl (C=O) groups is 1. The number of carbonyl (C=O) groups excluding carboxylic acids is 1. The van der Waals surface area contributed by atoms with Crippen molar-refractivity contribution in [2.24, 2.45) is 0 Å². The summed E-state index contributed by atoms with van der Waals surface area (Å²) in [7, 11) is -2.21. The van der Waals surface area contributed by atoms with Gasteiger partial charge in [0.15, 0.2) is 0 Å². The van der Waals surface area contributed by atoms with Gasteiger partial charge in [0.2, 0.25) is 11.9 Å². The quantitative estimate of drug-likeness (QED) is 0.592. The zero-order valence-corrected chi connectivity index (χ0v) is 18.9. The molecule has 2 heterocycles. The number of nitrogens with zero attached hydrogens (tertiary/aromatic N) is 4. The molecular formula is C22H26N6O3S. The molecule has 2 N–H and O–H groups in total. The fourth-order valence-corrected chi connectivity index (χ4v) is 4.75. The fraction of sp³-hybridized carbons (Fsp3) is 0.318. The molecule has 1 aromatic heterocycles. The normalized spacial score (nSPS) is 14.2. The van der Waals surface area contributed by atoms with E-state index in [1.54, 1.807) is 48.5 Å². The molecule has 0 radical (unpaired) electrons. The number of aromatic amines is 1. The number of H-pyrrole nitrogens is 1. The lowest BCUT2D eigenvalue weighted by Crippen LogP contribution is -2.30. The molecule has 9 nitrogen and oxygen atoms in total. The van der Waals surface area contributed by atoms with E-state index in [2.05, 4.69) is 25.4 Å². The largest absolute Gasteiger partial charge is 0.340 e. The summed E-state index contributed by atoms with van der Waals surface area (Å²) in [6.45, 7) is 3.72. The third-order valence-electron chi connectivity index (χ3n) is 5.52. The second kappa shape index (κ2) is 8.99. The molecule has 2 aromatic carbocycles. The molecule has 1 saturated heterocycles. The number of hydrogen-bond donors (Lipinski definition) is 2. The molecule has 10 heteroatoms. The molecule has 0 spiro atoms. The smallest absolute Gasteiger partial charge is 0.264 e. The van der Waals surface area contributed by atoms with Gasteiger partial charge in [0.05, 0.1) is 10.6 Å². The molecule has 1 aliphatic rings. The number of anilines is 3. The van der Waals surface area contributed by atoms with E-state index in [4.69, 9.17) is 0 Å². The van der Waals surface area contributed by atoms with Crippen molar-refractivity contribution in [3.05, 3.63) is 59.7 Å². The first-order valence-electron chi connectivity index (χ1n) is 10.5. The number of aromatic nitrogens is 3. The molecule has 0 unspecified atom stereocenters. The Hall–Kier alpha value is -3.40. The summed E-state index contributed by atoms with van der Waals surface area (Å²) in [4.78, 5) is 19.2. The van der Waals surface area contributed by atoms with Gasteiger partial charge < -0.3 is 4.90 Å². The highest BCUT2D eigenvalue weighted by molar-refractivity contribution is 7.92. The van der Waals surface area contributed by atoms with E-state index in [9.17, 15) is 13.2 Å². The van der Waals surface area contributed by atoms with Gasteiger partial charge in [-0.05, 0) is 62.6 Å². The van der Waals surface area contributed by atoms with E-state index in [-0.39, 0.29) is 16.8 Å². The predicted octanol–water partition coefficient (Wildman–Crippen LogP) is 3.18. The van der Waals surface area contributed by atoms with Gasteiger partial charge in [-0.2, -0.15) is 4.98 Å². The van der Waals surface area contributed by atoms with Crippen LogP contribution in [0, 0.1) is 6.92 Å². The van der Waals surface area contributed by atoms with Gasteiger partial charge in [-0.1, -0.05) is 17.7 Å². The van der Waals surface area contributed by atoms with Crippen LogP contribution in [0.2, 0.25) is 0 Å². The number of nitrogens with one attached hydrogen (secondary N) is 2. The summed E-state index contributed by atoms with van der Waals surface area (Å²) in [5.41, 5.74) is 1.82. The summed E-state index contributed by atoms with van der Waals surface area (Å²) in [5.74, 6) is 0.499. The van der Waals surface area contributed by atoms with E-state index in [1.807, 2.05) is 6.92 Å². The Balaban J connectivity index is 1.43. The monoisotopic (exact) mass is 454 g/mol. The van der Waals surface area contributed by atoms with Gasteiger partial charge in [0.1, 0.15) is 0 Å². The highest BCUT2D eigenvalue weighted by atomic mass is 32.2. The number of piperidine rings is 1. The van der Waals surface area contributed by atoms with Crippen LogP contribution in [0.1, 0.15) is 35.2 Å². The molecule has 1 aliphatic heterocycles. The van der Waals surface area contributed by atoms with E-state index < -0.39 is 10.0 Å². The van der Waals surface area contributed by atoms with Crippen LogP contribution in [0.3, 0.4) is 0 Å². The van der Waals surface area contributed by atoms with Crippen molar-refractivity contribution in [2.75, 3.05) is 34.7 Å². The predicted molar refractivity (Wildman–Crippen MR) is 124 cm³/mol. The second-order valence-electron chi connectivity index (χ2n) is 7.82. The summed E-state index contributed by atoms with van der Waals surface area (Å²) < 4.78 is 26.9. The van der Waals surface area contributed by atoms with Crippen molar-refractivity contribution >= 4 is 33.5 Å². The van der Waals surface area contributed by atoms with Crippen molar-refractivity contribution in [2.45, 2.75) is 31.1 Å². The van der Waals surface area contributed by atoms with Gasteiger partial charge in [0, 0.05) is 25.7 Å². The van der Waals surface area contributed by atoms with E-state index >= 15 is 0 Å². The van der Waals surface area contributed by atoms with E-state index in [1.165, 1.54) is 17.8 Å². The number of hydrogen-bond acceptors (Lipinski definition) is 6. The van der Waals surface area contributed by atoms with Crippen LogP contribution < -0.4 is 14.5 Å². The Morgan fingerprint density at radius 1 is 1.03 bits per heavy atom. The van der Waals surface area contributed by atoms with Crippen LogP contribution in [0.15, 0.2) is 53.4 Å². The topological polar surface area (TPSA) is 111 Å². The lowest BCUT2D eigenvalue weighted by Gasteiger charge is -2.24. The molecule has 4 rings (SSSR count). The molecule has 3 aromatic rings. The van der Waals surface area contributed by atoms with Gasteiger partial charge in [-0.3, -0.25) is 14.4 Å². The highest BCUT2D eigenvalue weighted by Gasteiger charge is 2.22. The minimum Gasteiger partial charge on any atom is -0.340 e. The maximum absolute atomic E-state index is 12.9. The Morgan fingerprint density at radius 2 is 1.69 bits per heavy atom. The number of sulfonamides is 1. The first-order chi connectivity index (χ1) is 15.3. The lowest BCUT2D eigenvalue weighted by atomic mass is 10.1. The first-order valence-corrected chi connectivity index (χ1v) is 11.9. The molecule has 0 aliphatic carbocycles. The molecule has 32 heavy (non-hydrogen) atoms. The average molecular weight is 455 g/mol. The summed E-state index contributed by atoms with van der Waals surface area (Å²) >= 11 is 0. The van der Waals surface area contributed by atoms with Crippen molar-refractivity contribution in [1.82, 2.24) is 15.2 Å². The van der Waals surface area contributed by atoms with Gasteiger partial charge in [-0.15, -0.1) is 5.10 Å². The molecule has 0 saturated carbocycles. The minimum absolute atomic E-state index is 0.210. The summed E-state index contributed by atoms with van der Waals surface area (Å²) in [5, 5.41) is 9.64. The zero-order chi connectivity index (χ0) is 22.7. The Bertz CT molecular complexity index is 1180. The lowest BCUT2D eigenvalue weighted by molar-refractivity contribution is 0.102. The van der Waals surface area contributed by atoms with Crippen molar-refractivity contribution in [3.63, 3.8) is 0 Å². The molecule has 1 amide bonds. The maximum Gasteiger partial charge on any atom is 0.264 e. The Labute approximate surface area is 187 Å². The van der Waals surface area contributed by atoms with Crippen molar-refractivity contribution in [3.8, 4) is 0 Å². The zero-order valence-electron chi connectivity index (χ0n) is 18.1. The molecule has 1 fully saturated rings. The van der Waals surface area contributed by atoms with E-state index in [0.29, 0.717) is 17.2 Å². The number of benzene rings is 2. The Morgan fingerprint density at radius 3 is 2.34 bits per heavy atom. The standard InChI is InChI=1S/C22H26N6O3S/c1-16-6-12-19(13-7-16)32(30,31)27(2)18-10-8-17(9-11-18)20(29)23-21-24-22(26-25-21)28-14-4-3-5-15-28/h6-13H,3-5,14-15H2,1-2H3,(H2,23,24,25,26,29). The van der Waals surface area contributed by atoms with Crippen molar-refractivity contribution in [1.29, 1.82) is 0 Å². The van der Waals surface area contributed by atoms with Crippen LogP contribution in [0.5, 0.6) is 0 Å². The van der Waals surface area contributed by atoms with Gasteiger partial charge >= 0.3 is 0 Å². The minimum atomic E-state index is -3.69. The van der Waals surface area contributed by atoms with Crippen molar-refractivity contribution < 1.29 is 13.2 Å². The SMILES string of the molecule is Cc1ccc(S(=O)(=O)N(C)c2ccc(C(=O)Nc3nc(N4CCCCC4)n[nH]3)cc2)cc1. The second-order valence-corrected chi connectivity index (χ2v) is 9.79. The van der Waals surface area contributed by atoms with Crippen LogP contribution >= 0.6 is 0 Å². The van der Waals surface area contributed by atoms with Crippen LogP contribution in [-0.4, -0.2) is 49.6 Å². The summed E-state index contributed by atoms with van der Waals surface area (Å²) in [6, 6.07) is 13.0. The maximum atomic E-state index is 12.9. The van der Waals surface area contributed by atoms with Crippen LogP contribution in [-0.2, 0) is 10.0 Å². The molecule has 168 valence electrons. The molecule has 0 atom stereocenters. The number of rotatable bonds is 6. The van der Waals surface area contributed by atoms with E-state index in [0.717, 1.165) is 31.5 Å². The molecule has 0 bridgehead atoms. The fourth-order valence-electron chi connectivity index (χ4n) is 3.55. The van der Waals surface area contributed by atoms with Gasteiger partial charge in [0.25, 0.3) is 15.9 Å². The summed E-state index contributed by atoms with van der Waals surface area (Å²) in [6.07, 6.45) is 3.43. The highest BCUT2D eigenvalue weighted by Crippen LogP contribution is 2.23. The number of amides is 1. The third-order valence-corrected chi connectivity index (χ3v) is 7.32. The number of aryl methyl sites for hydroxylation is 1. The average Bonchev–Trinajstić information content (AvgIpc) is 3.28. The van der Waals surface area contributed by atoms with Crippen LogP contribution in [0.25, 0.3) is 0 Å². The van der Waals surface area contributed by atoms with Crippen LogP contribution in [0.4, 0.5) is 17.6 Å². The first kappa shape index (κ1) is 21.8. The Kier molecular flexibility index (Phi) is 6.13. The third kappa shape index (κ3) is 4.59. The van der Waals surface area contributed by atoms with Gasteiger partial charge in [-0.25, -0.2) is 13.5 Å². The molecular weight excluding hydrogens is 428 g/mol.